The summed E-state index contributed by atoms with van der Waals surface area (Å²) in [5.74, 6) is 0. The molecule has 0 aromatic rings. The van der Waals surface area contributed by atoms with Gasteiger partial charge in [-0.25, -0.2) is 0 Å². The SMILES string of the molecule is CCCCCCCCCCCCCCCCCCCCCCCCCCC[NH+](C)C.[Br-]. The van der Waals surface area contributed by atoms with E-state index in [-0.39, 0.29) is 17.0 Å². The fourth-order valence-corrected chi connectivity index (χ4v) is 4.62. The van der Waals surface area contributed by atoms with Gasteiger partial charge in [0.25, 0.3) is 0 Å². The highest BCUT2D eigenvalue weighted by Gasteiger charge is 1.97. The molecule has 190 valence electrons. The molecule has 0 spiro atoms. The minimum atomic E-state index is 0. The van der Waals surface area contributed by atoms with Gasteiger partial charge >= 0.3 is 0 Å². The van der Waals surface area contributed by atoms with Gasteiger partial charge in [-0.05, 0) is 12.8 Å². The number of rotatable bonds is 26. The molecule has 0 saturated carbocycles. The van der Waals surface area contributed by atoms with Gasteiger partial charge in [-0.3, -0.25) is 0 Å². The number of hydrogen-bond acceptors (Lipinski definition) is 0. The highest BCUT2D eigenvalue weighted by atomic mass is 79.9. The predicted octanol–water partition coefficient (Wildman–Crippen LogP) is 5.91. The molecule has 31 heavy (non-hydrogen) atoms. The largest absolute Gasteiger partial charge is 1.00 e. The van der Waals surface area contributed by atoms with Crippen molar-refractivity contribution in [3.8, 4) is 0 Å². The lowest BCUT2D eigenvalue weighted by Gasteiger charge is -2.06. The zero-order valence-electron chi connectivity index (χ0n) is 22.3. The maximum Gasteiger partial charge on any atom is 0.0766 e. The molecule has 0 saturated heterocycles. The second kappa shape index (κ2) is 30.4. The summed E-state index contributed by atoms with van der Waals surface area (Å²) in [5.41, 5.74) is 0. The first-order chi connectivity index (χ1) is 14.8. The lowest BCUT2D eigenvalue weighted by atomic mass is 10.0. The van der Waals surface area contributed by atoms with Crippen LogP contribution in [0.2, 0.25) is 0 Å². The topological polar surface area (TPSA) is 4.44 Å². The second-order valence-corrected chi connectivity index (χ2v) is 10.4. The first-order valence-electron chi connectivity index (χ1n) is 14.6. The maximum atomic E-state index is 2.30. The molecule has 0 heterocycles. The lowest BCUT2D eigenvalue weighted by molar-refractivity contribution is -0.858. The smallest absolute Gasteiger partial charge is 0.0766 e. The maximum absolute atomic E-state index is 2.30. The van der Waals surface area contributed by atoms with Crippen molar-refractivity contribution >= 4 is 0 Å². The third-order valence-corrected chi connectivity index (χ3v) is 6.78. The Hall–Kier alpha value is 0.440. The van der Waals surface area contributed by atoms with Gasteiger partial charge in [0.2, 0.25) is 0 Å². The highest BCUT2D eigenvalue weighted by molar-refractivity contribution is 4.51. The van der Waals surface area contributed by atoms with E-state index in [1.54, 1.807) is 4.90 Å². The molecular formula is C29H62BrN. The molecule has 0 amide bonds. The second-order valence-electron chi connectivity index (χ2n) is 10.4. The van der Waals surface area contributed by atoms with Crippen LogP contribution in [0.5, 0.6) is 0 Å². The van der Waals surface area contributed by atoms with E-state index in [4.69, 9.17) is 0 Å². The Kier molecular flexibility index (Phi) is 33.0. The first kappa shape index (κ1) is 33.6. The van der Waals surface area contributed by atoms with Crippen LogP contribution >= 0.6 is 0 Å². The van der Waals surface area contributed by atoms with Crippen molar-refractivity contribution in [2.45, 2.75) is 167 Å². The molecule has 0 bridgehead atoms. The Morgan fingerprint density at radius 2 is 0.516 bits per heavy atom. The molecule has 0 aromatic heterocycles. The molecule has 0 radical (unpaired) electrons. The average molecular weight is 505 g/mol. The third-order valence-electron chi connectivity index (χ3n) is 6.78. The molecule has 0 unspecified atom stereocenters. The zero-order valence-corrected chi connectivity index (χ0v) is 23.8. The van der Waals surface area contributed by atoms with Crippen LogP contribution in [0.15, 0.2) is 0 Å². The number of nitrogens with one attached hydrogen (secondary N) is 1. The minimum absolute atomic E-state index is 0. The fourth-order valence-electron chi connectivity index (χ4n) is 4.62. The summed E-state index contributed by atoms with van der Waals surface area (Å²) in [6.45, 7) is 3.65. The summed E-state index contributed by atoms with van der Waals surface area (Å²) < 4.78 is 0. The average Bonchev–Trinajstić information content (AvgIpc) is 2.73. The molecule has 1 N–H and O–H groups in total. The normalized spacial score (nSPS) is 11.2. The summed E-state index contributed by atoms with van der Waals surface area (Å²) in [5, 5.41) is 0. The van der Waals surface area contributed by atoms with Crippen molar-refractivity contribution in [3.05, 3.63) is 0 Å². The summed E-state index contributed by atoms with van der Waals surface area (Å²) in [6.07, 6.45) is 36.9. The van der Waals surface area contributed by atoms with E-state index >= 15 is 0 Å². The van der Waals surface area contributed by atoms with E-state index in [1.165, 1.54) is 167 Å². The number of hydrogen-bond donors (Lipinski definition) is 1. The Labute approximate surface area is 209 Å². The molecule has 0 rings (SSSR count). The molecule has 0 aliphatic carbocycles. The van der Waals surface area contributed by atoms with Gasteiger partial charge < -0.3 is 21.9 Å². The van der Waals surface area contributed by atoms with Gasteiger partial charge in [0.05, 0.1) is 20.6 Å². The van der Waals surface area contributed by atoms with Gasteiger partial charge in [-0.1, -0.05) is 155 Å². The monoisotopic (exact) mass is 503 g/mol. The highest BCUT2D eigenvalue weighted by Crippen LogP contribution is 2.15. The lowest BCUT2D eigenvalue weighted by Crippen LogP contribution is -3.05. The molecule has 0 fully saturated rings. The van der Waals surface area contributed by atoms with Crippen molar-refractivity contribution in [2.75, 3.05) is 20.6 Å². The fraction of sp³-hybridized carbons (Fsp3) is 1.00. The van der Waals surface area contributed by atoms with Crippen LogP contribution < -0.4 is 21.9 Å². The first-order valence-corrected chi connectivity index (χ1v) is 14.6. The Morgan fingerprint density at radius 1 is 0.323 bits per heavy atom. The standard InChI is InChI=1S/C29H61N.BrH/c1-4-5-6-7-8-9-10-11-12-13-14-15-16-17-18-19-20-21-22-23-24-25-26-27-28-29-30(2)3;/h4-29H2,1-3H3;1H. The Bertz CT molecular complexity index is 292. The van der Waals surface area contributed by atoms with Gasteiger partial charge in [-0.15, -0.1) is 0 Å². The van der Waals surface area contributed by atoms with E-state index in [9.17, 15) is 0 Å². The number of unbranched alkanes of at least 4 members (excludes halogenated alkanes) is 24. The number of quaternary nitrogens is 1. The Morgan fingerprint density at radius 3 is 0.710 bits per heavy atom. The molecule has 0 aliphatic rings. The summed E-state index contributed by atoms with van der Waals surface area (Å²) in [4.78, 5) is 1.60. The van der Waals surface area contributed by atoms with Gasteiger partial charge in [-0.2, -0.15) is 0 Å². The summed E-state index contributed by atoms with van der Waals surface area (Å²) >= 11 is 0. The van der Waals surface area contributed by atoms with E-state index in [1.807, 2.05) is 0 Å². The third kappa shape index (κ3) is 32.7. The molecular weight excluding hydrogens is 442 g/mol. The molecule has 0 aromatic carbocycles. The van der Waals surface area contributed by atoms with Gasteiger partial charge in [0.1, 0.15) is 0 Å². The summed E-state index contributed by atoms with van der Waals surface area (Å²) in [6, 6.07) is 0. The number of halogens is 1. The van der Waals surface area contributed by atoms with E-state index in [0.717, 1.165) is 0 Å². The molecule has 0 atom stereocenters. The minimum Gasteiger partial charge on any atom is -1.00 e. The molecule has 1 nitrogen and oxygen atoms in total. The predicted molar refractivity (Wildman–Crippen MR) is 139 cm³/mol. The van der Waals surface area contributed by atoms with Crippen molar-refractivity contribution < 1.29 is 21.9 Å². The van der Waals surface area contributed by atoms with Gasteiger partial charge in [0, 0.05) is 0 Å². The van der Waals surface area contributed by atoms with E-state index in [2.05, 4.69) is 21.0 Å². The van der Waals surface area contributed by atoms with Gasteiger partial charge in [0.15, 0.2) is 0 Å². The van der Waals surface area contributed by atoms with E-state index < -0.39 is 0 Å². The Balaban J connectivity index is 0. The van der Waals surface area contributed by atoms with Crippen LogP contribution in [0.4, 0.5) is 0 Å². The van der Waals surface area contributed by atoms with Crippen molar-refractivity contribution in [2.24, 2.45) is 0 Å². The molecule has 2 heteroatoms. The molecule has 0 aliphatic heterocycles. The van der Waals surface area contributed by atoms with Crippen LogP contribution in [0.25, 0.3) is 0 Å². The van der Waals surface area contributed by atoms with Crippen molar-refractivity contribution in [1.29, 1.82) is 0 Å². The summed E-state index contributed by atoms with van der Waals surface area (Å²) in [7, 11) is 4.53. The van der Waals surface area contributed by atoms with Crippen LogP contribution in [0, 0.1) is 0 Å². The quantitative estimate of drug-likeness (QED) is 0.140. The van der Waals surface area contributed by atoms with Crippen molar-refractivity contribution in [3.63, 3.8) is 0 Å². The van der Waals surface area contributed by atoms with Crippen LogP contribution in [0.1, 0.15) is 167 Å². The zero-order chi connectivity index (χ0) is 22.0. The van der Waals surface area contributed by atoms with E-state index in [0.29, 0.717) is 0 Å². The van der Waals surface area contributed by atoms with Crippen LogP contribution in [-0.4, -0.2) is 20.6 Å². The van der Waals surface area contributed by atoms with Crippen LogP contribution in [0.3, 0.4) is 0 Å². The van der Waals surface area contributed by atoms with Crippen LogP contribution in [-0.2, 0) is 0 Å². The van der Waals surface area contributed by atoms with Crippen molar-refractivity contribution in [1.82, 2.24) is 0 Å².